The van der Waals surface area contributed by atoms with Gasteiger partial charge in [0.15, 0.2) is 5.12 Å². The molecule has 10 heteroatoms. The zero-order chi connectivity index (χ0) is 20.4. The molecule has 0 spiro atoms. The van der Waals surface area contributed by atoms with Crippen LogP contribution in [-0.2, 0) is 19.2 Å². The lowest BCUT2D eigenvalue weighted by atomic mass is 9.97. The summed E-state index contributed by atoms with van der Waals surface area (Å²) >= 11 is 0.777. The molecular formula is C17H22N2O7S. The van der Waals surface area contributed by atoms with Crippen molar-refractivity contribution in [1.29, 1.82) is 0 Å². The molecule has 148 valence electrons. The minimum Gasteiger partial charge on any atom is -0.464 e. The molecule has 1 rings (SSSR count). The Morgan fingerprint density at radius 1 is 1.26 bits per heavy atom. The summed E-state index contributed by atoms with van der Waals surface area (Å²) in [4.78, 5) is 51.3. The number of rotatable bonds is 10. The molecular weight excluding hydrogens is 376 g/mol. The van der Waals surface area contributed by atoms with Crippen molar-refractivity contribution in [2.75, 3.05) is 19.0 Å². The van der Waals surface area contributed by atoms with Crippen LogP contribution in [-0.4, -0.2) is 47.1 Å². The van der Waals surface area contributed by atoms with Crippen molar-refractivity contribution in [3.05, 3.63) is 46.0 Å². The Hall–Kier alpha value is -2.62. The Kier molecular flexibility index (Phi) is 8.73. The van der Waals surface area contributed by atoms with E-state index in [4.69, 9.17) is 4.74 Å². The minimum atomic E-state index is -1.14. The number of carbonyl (C=O) groups excluding carboxylic acids is 3. The second-order valence-electron chi connectivity index (χ2n) is 6.12. The summed E-state index contributed by atoms with van der Waals surface area (Å²) in [5.74, 6) is -1.21. The molecule has 27 heavy (non-hydrogen) atoms. The van der Waals surface area contributed by atoms with Gasteiger partial charge in [0.1, 0.15) is 12.6 Å². The maximum atomic E-state index is 12.3. The van der Waals surface area contributed by atoms with Crippen LogP contribution in [0.4, 0.5) is 0 Å². The fraction of sp³-hybridized carbons (Fsp3) is 0.471. The van der Waals surface area contributed by atoms with Gasteiger partial charge < -0.3 is 14.9 Å². The number of carbonyl (C=O) groups is 3. The van der Waals surface area contributed by atoms with Crippen molar-refractivity contribution >= 4 is 28.8 Å². The number of hydrogen-bond donors (Lipinski definition) is 1. The van der Waals surface area contributed by atoms with Crippen LogP contribution in [0.15, 0.2) is 30.3 Å². The van der Waals surface area contributed by atoms with E-state index in [0.29, 0.717) is 5.56 Å². The Bertz CT molecular complexity index is 679. The average Bonchev–Trinajstić information content (AvgIpc) is 2.63. The molecule has 0 aliphatic carbocycles. The molecule has 0 bridgehead atoms. The van der Waals surface area contributed by atoms with Gasteiger partial charge in [0.25, 0.3) is 11.0 Å². The second-order valence-corrected chi connectivity index (χ2v) is 7.12. The Balaban J connectivity index is 2.74. The predicted molar refractivity (Wildman–Crippen MR) is 98.5 cm³/mol. The fourth-order valence-corrected chi connectivity index (χ4v) is 2.86. The molecule has 9 nitrogen and oxygen atoms in total. The molecule has 0 heterocycles. The highest BCUT2D eigenvalue weighted by Crippen LogP contribution is 2.25. The number of thioether (sulfide) groups is 1. The van der Waals surface area contributed by atoms with Gasteiger partial charge in [-0.3, -0.25) is 9.59 Å². The molecule has 1 amide bonds. The predicted octanol–water partition coefficient (Wildman–Crippen LogP) is 1.84. The summed E-state index contributed by atoms with van der Waals surface area (Å²) in [5, 5.41) is 11.5. The number of nitrogens with zero attached hydrogens (tertiary/aromatic N) is 1. The second kappa shape index (κ2) is 10.5. The van der Waals surface area contributed by atoms with E-state index in [0.717, 1.165) is 11.8 Å². The van der Waals surface area contributed by atoms with Crippen LogP contribution >= 0.6 is 11.8 Å². The molecule has 0 aliphatic heterocycles. The summed E-state index contributed by atoms with van der Waals surface area (Å²) in [5.41, 5.74) is -0.775. The molecule has 0 radical (unpaired) electrons. The van der Waals surface area contributed by atoms with E-state index in [-0.39, 0.29) is 12.4 Å². The molecule has 1 aromatic carbocycles. The maximum Gasteiger partial charge on any atom is 0.329 e. The molecule has 0 saturated carbocycles. The Morgan fingerprint density at radius 2 is 1.89 bits per heavy atom. The highest BCUT2D eigenvalue weighted by Gasteiger charge is 2.32. The first-order valence-corrected chi connectivity index (χ1v) is 9.13. The summed E-state index contributed by atoms with van der Waals surface area (Å²) in [7, 11) is 0. The third kappa shape index (κ3) is 7.65. The lowest BCUT2D eigenvalue weighted by molar-refractivity contribution is -0.760. The summed E-state index contributed by atoms with van der Waals surface area (Å²) in [6.45, 7) is 4.33. The van der Waals surface area contributed by atoms with Gasteiger partial charge in [-0.05, 0) is 19.1 Å². The van der Waals surface area contributed by atoms with Crippen molar-refractivity contribution in [3.63, 3.8) is 0 Å². The molecule has 0 unspecified atom stereocenters. The first-order valence-electron chi connectivity index (χ1n) is 8.14. The van der Waals surface area contributed by atoms with E-state index in [2.05, 4.69) is 10.2 Å². The lowest BCUT2D eigenvalue weighted by Crippen LogP contribution is -2.44. The number of benzene rings is 1. The third-order valence-electron chi connectivity index (χ3n) is 3.38. The number of ether oxygens (including phenoxy) is 1. The fourth-order valence-electron chi connectivity index (χ4n) is 1.87. The van der Waals surface area contributed by atoms with Crippen LogP contribution in [0.3, 0.4) is 0 Å². The van der Waals surface area contributed by atoms with Crippen molar-refractivity contribution in [1.82, 2.24) is 5.32 Å². The van der Waals surface area contributed by atoms with Crippen LogP contribution in [0.5, 0.6) is 0 Å². The van der Waals surface area contributed by atoms with Gasteiger partial charge in [0, 0.05) is 11.3 Å². The SMILES string of the molecule is CCOC(=O)[C@H](CSC(=O)C(C)(C)CO[N+](=O)[O-])NC(=O)c1ccccc1. The minimum absolute atomic E-state index is 0.0713. The topological polar surface area (TPSA) is 125 Å². The van der Waals surface area contributed by atoms with Gasteiger partial charge in [-0.15, -0.1) is 10.1 Å². The first-order chi connectivity index (χ1) is 12.7. The van der Waals surface area contributed by atoms with Crippen molar-refractivity contribution in [2.24, 2.45) is 5.41 Å². The van der Waals surface area contributed by atoms with Gasteiger partial charge in [-0.2, -0.15) is 0 Å². The van der Waals surface area contributed by atoms with E-state index >= 15 is 0 Å². The number of hydrogen-bond acceptors (Lipinski definition) is 8. The zero-order valence-corrected chi connectivity index (χ0v) is 16.1. The van der Waals surface area contributed by atoms with E-state index in [1.54, 1.807) is 37.3 Å². The standard InChI is InChI=1S/C17H22N2O7S/c1-4-25-15(21)13(18-14(20)12-8-6-5-7-9-12)10-27-16(22)17(2,3)11-26-19(23)24/h5-9,13H,4,10-11H2,1-3H3,(H,18,20)/t13-/m0/s1. The van der Waals surface area contributed by atoms with Crippen molar-refractivity contribution in [3.8, 4) is 0 Å². The quantitative estimate of drug-likeness (QED) is 0.360. The highest BCUT2D eigenvalue weighted by molar-refractivity contribution is 8.13. The largest absolute Gasteiger partial charge is 0.464 e. The smallest absolute Gasteiger partial charge is 0.329 e. The van der Waals surface area contributed by atoms with Gasteiger partial charge >= 0.3 is 5.97 Å². The highest BCUT2D eigenvalue weighted by atomic mass is 32.2. The molecule has 1 atom stereocenters. The third-order valence-corrected chi connectivity index (χ3v) is 4.69. The monoisotopic (exact) mass is 398 g/mol. The number of esters is 1. The van der Waals surface area contributed by atoms with E-state index in [1.165, 1.54) is 13.8 Å². The van der Waals surface area contributed by atoms with Crippen molar-refractivity contribution < 1.29 is 29.0 Å². The van der Waals surface area contributed by atoms with Gasteiger partial charge in [-0.25, -0.2) is 4.79 Å². The lowest BCUT2D eigenvalue weighted by Gasteiger charge is -2.22. The van der Waals surface area contributed by atoms with Crippen LogP contribution < -0.4 is 5.32 Å². The van der Waals surface area contributed by atoms with Crippen LogP contribution in [0.25, 0.3) is 0 Å². The molecule has 1 N–H and O–H groups in total. The summed E-state index contributed by atoms with van der Waals surface area (Å²) in [6.07, 6.45) is 0. The zero-order valence-electron chi connectivity index (χ0n) is 15.3. The van der Waals surface area contributed by atoms with Crippen LogP contribution in [0, 0.1) is 15.5 Å². The van der Waals surface area contributed by atoms with E-state index in [1.807, 2.05) is 0 Å². The van der Waals surface area contributed by atoms with Crippen molar-refractivity contribution in [2.45, 2.75) is 26.8 Å². The molecule has 0 aliphatic rings. The number of nitrogens with one attached hydrogen (secondary N) is 1. The average molecular weight is 398 g/mol. The number of amides is 1. The molecule has 1 aromatic rings. The maximum absolute atomic E-state index is 12.3. The van der Waals surface area contributed by atoms with Crippen LogP contribution in [0.2, 0.25) is 0 Å². The first kappa shape index (κ1) is 22.4. The molecule has 0 fully saturated rings. The Morgan fingerprint density at radius 3 is 2.44 bits per heavy atom. The Labute approximate surface area is 160 Å². The normalized spacial score (nSPS) is 12.0. The molecule has 0 aromatic heterocycles. The van der Waals surface area contributed by atoms with Crippen LogP contribution in [0.1, 0.15) is 31.1 Å². The van der Waals surface area contributed by atoms with E-state index < -0.39 is 40.1 Å². The summed E-state index contributed by atoms with van der Waals surface area (Å²) in [6, 6.07) is 7.26. The van der Waals surface area contributed by atoms with E-state index in [9.17, 15) is 24.5 Å². The van der Waals surface area contributed by atoms with Gasteiger partial charge in [0.2, 0.25) is 0 Å². The molecule has 0 saturated heterocycles. The summed E-state index contributed by atoms with van der Waals surface area (Å²) < 4.78 is 4.95. The van der Waals surface area contributed by atoms with Gasteiger partial charge in [-0.1, -0.05) is 43.8 Å². The van der Waals surface area contributed by atoms with Gasteiger partial charge in [0.05, 0.1) is 12.0 Å².